The highest BCUT2D eigenvalue weighted by Crippen LogP contribution is 2.27. The summed E-state index contributed by atoms with van der Waals surface area (Å²) in [6.07, 6.45) is 0. The smallest absolute Gasteiger partial charge is 0.161 e. The molecule has 1 heterocycles. The number of hydrogen-bond donors (Lipinski definition) is 1. The Morgan fingerprint density at radius 1 is 1.14 bits per heavy atom. The van der Waals surface area contributed by atoms with E-state index in [0.29, 0.717) is 35.0 Å². The lowest BCUT2D eigenvalue weighted by molar-refractivity contribution is 0.510. The van der Waals surface area contributed by atoms with Crippen LogP contribution in [0.15, 0.2) is 36.4 Å². The number of imidazole rings is 1. The van der Waals surface area contributed by atoms with E-state index in [1.807, 2.05) is 6.07 Å². The molecule has 0 aliphatic heterocycles. The lowest BCUT2D eigenvalue weighted by atomic mass is 10.2. The standard InChI is InChI=1S/C15H12ClF2N3/c16-10-3-1-2-9(6-10)15-20-13-7-11(17)12(18)8-14(13)21(15)5-4-19/h1-3,6-8H,4-5,19H2. The van der Waals surface area contributed by atoms with Gasteiger partial charge in [0, 0.05) is 35.8 Å². The molecule has 0 aliphatic carbocycles. The first kappa shape index (κ1) is 14.0. The third-order valence-corrected chi connectivity index (χ3v) is 3.46. The number of nitrogens with two attached hydrogens (primary N) is 1. The summed E-state index contributed by atoms with van der Waals surface area (Å²) in [5.74, 6) is -1.24. The van der Waals surface area contributed by atoms with E-state index in [0.717, 1.165) is 17.7 Å². The molecule has 2 N–H and O–H groups in total. The maximum atomic E-state index is 13.5. The van der Waals surface area contributed by atoms with Crippen molar-refractivity contribution in [2.24, 2.45) is 5.73 Å². The Kier molecular flexibility index (Phi) is 3.61. The van der Waals surface area contributed by atoms with E-state index < -0.39 is 11.6 Å². The summed E-state index contributed by atoms with van der Waals surface area (Å²) >= 11 is 5.99. The van der Waals surface area contributed by atoms with Crippen LogP contribution in [-0.4, -0.2) is 16.1 Å². The first-order chi connectivity index (χ1) is 10.1. The number of fused-ring (bicyclic) bond motifs is 1. The second kappa shape index (κ2) is 5.42. The van der Waals surface area contributed by atoms with Gasteiger partial charge in [-0.15, -0.1) is 0 Å². The van der Waals surface area contributed by atoms with E-state index in [2.05, 4.69) is 4.98 Å². The molecule has 3 aromatic rings. The van der Waals surface area contributed by atoms with Gasteiger partial charge in [0.15, 0.2) is 11.6 Å². The lowest BCUT2D eigenvalue weighted by Crippen LogP contribution is -2.11. The molecule has 0 atom stereocenters. The highest BCUT2D eigenvalue weighted by molar-refractivity contribution is 6.30. The summed E-state index contributed by atoms with van der Waals surface area (Å²) in [6.45, 7) is 0.807. The molecule has 0 unspecified atom stereocenters. The summed E-state index contributed by atoms with van der Waals surface area (Å²) in [7, 11) is 0. The molecule has 0 radical (unpaired) electrons. The number of nitrogens with zero attached hydrogens (tertiary/aromatic N) is 2. The van der Waals surface area contributed by atoms with Gasteiger partial charge in [-0.05, 0) is 12.1 Å². The van der Waals surface area contributed by atoms with E-state index in [9.17, 15) is 8.78 Å². The van der Waals surface area contributed by atoms with Gasteiger partial charge in [-0.25, -0.2) is 13.8 Å². The average molecular weight is 308 g/mol. The predicted octanol–water partition coefficient (Wildman–Crippen LogP) is 3.59. The van der Waals surface area contributed by atoms with Gasteiger partial charge in [0.1, 0.15) is 5.82 Å². The fourth-order valence-electron chi connectivity index (χ4n) is 2.32. The quantitative estimate of drug-likeness (QED) is 0.803. The fraction of sp³-hybridized carbons (Fsp3) is 0.133. The summed E-state index contributed by atoms with van der Waals surface area (Å²) in [5, 5.41) is 0.566. The molecule has 21 heavy (non-hydrogen) atoms. The maximum Gasteiger partial charge on any atom is 0.161 e. The largest absolute Gasteiger partial charge is 0.329 e. The van der Waals surface area contributed by atoms with Crippen LogP contribution in [0.25, 0.3) is 22.4 Å². The van der Waals surface area contributed by atoms with E-state index in [1.54, 1.807) is 22.8 Å². The summed E-state index contributed by atoms with van der Waals surface area (Å²) in [6, 6.07) is 9.37. The zero-order valence-corrected chi connectivity index (χ0v) is 11.7. The van der Waals surface area contributed by atoms with E-state index in [4.69, 9.17) is 17.3 Å². The molecular formula is C15H12ClF2N3. The normalized spacial score (nSPS) is 11.2. The highest BCUT2D eigenvalue weighted by atomic mass is 35.5. The van der Waals surface area contributed by atoms with Crippen molar-refractivity contribution in [1.29, 1.82) is 0 Å². The Hall–Kier alpha value is -1.98. The topological polar surface area (TPSA) is 43.8 Å². The molecule has 0 saturated carbocycles. The summed E-state index contributed by atoms with van der Waals surface area (Å²) in [5.41, 5.74) is 7.28. The van der Waals surface area contributed by atoms with Crippen molar-refractivity contribution in [3.8, 4) is 11.4 Å². The number of aromatic nitrogens is 2. The van der Waals surface area contributed by atoms with Crippen LogP contribution in [0.3, 0.4) is 0 Å². The van der Waals surface area contributed by atoms with Gasteiger partial charge in [0.25, 0.3) is 0 Å². The van der Waals surface area contributed by atoms with Gasteiger partial charge in [-0.2, -0.15) is 0 Å². The molecule has 3 nitrogen and oxygen atoms in total. The van der Waals surface area contributed by atoms with Gasteiger partial charge in [0.2, 0.25) is 0 Å². The zero-order chi connectivity index (χ0) is 15.0. The molecule has 0 saturated heterocycles. The van der Waals surface area contributed by atoms with Crippen LogP contribution in [0.5, 0.6) is 0 Å². The van der Waals surface area contributed by atoms with Crippen molar-refractivity contribution >= 4 is 22.6 Å². The molecule has 0 fully saturated rings. The molecule has 1 aromatic heterocycles. The first-order valence-corrected chi connectivity index (χ1v) is 6.79. The fourth-order valence-corrected chi connectivity index (χ4v) is 2.51. The van der Waals surface area contributed by atoms with Crippen LogP contribution >= 0.6 is 11.6 Å². The van der Waals surface area contributed by atoms with Crippen LogP contribution in [0.1, 0.15) is 0 Å². The van der Waals surface area contributed by atoms with Crippen LogP contribution in [0, 0.1) is 11.6 Å². The maximum absolute atomic E-state index is 13.5. The Bertz CT molecular complexity index is 814. The van der Waals surface area contributed by atoms with Crippen molar-refractivity contribution in [1.82, 2.24) is 9.55 Å². The van der Waals surface area contributed by atoms with Gasteiger partial charge in [-0.3, -0.25) is 0 Å². The second-order valence-corrected chi connectivity index (χ2v) is 5.08. The van der Waals surface area contributed by atoms with Crippen LogP contribution in [-0.2, 0) is 6.54 Å². The summed E-state index contributed by atoms with van der Waals surface area (Å²) in [4.78, 5) is 4.39. The van der Waals surface area contributed by atoms with Gasteiger partial charge in [0.05, 0.1) is 11.0 Å². The predicted molar refractivity (Wildman–Crippen MR) is 79.1 cm³/mol. The SMILES string of the molecule is NCCn1c(-c2cccc(Cl)c2)nc2cc(F)c(F)cc21. The third kappa shape index (κ3) is 2.50. The van der Waals surface area contributed by atoms with Gasteiger partial charge >= 0.3 is 0 Å². The molecule has 108 valence electrons. The van der Waals surface area contributed by atoms with Crippen molar-refractivity contribution in [3.05, 3.63) is 53.1 Å². The van der Waals surface area contributed by atoms with Crippen molar-refractivity contribution < 1.29 is 8.78 Å². The van der Waals surface area contributed by atoms with Gasteiger partial charge in [-0.1, -0.05) is 23.7 Å². The van der Waals surface area contributed by atoms with E-state index in [-0.39, 0.29) is 0 Å². The Morgan fingerprint density at radius 3 is 2.62 bits per heavy atom. The molecule has 6 heteroatoms. The minimum absolute atomic E-state index is 0.359. The monoisotopic (exact) mass is 307 g/mol. The van der Waals surface area contributed by atoms with Gasteiger partial charge < -0.3 is 10.3 Å². The highest BCUT2D eigenvalue weighted by Gasteiger charge is 2.15. The molecule has 0 bridgehead atoms. The molecular weight excluding hydrogens is 296 g/mol. The first-order valence-electron chi connectivity index (χ1n) is 6.41. The molecule has 0 aliphatic rings. The zero-order valence-electron chi connectivity index (χ0n) is 11.0. The molecule has 0 spiro atoms. The van der Waals surface area contributed by atoms with E-state index >= 15 is 0 Å². The Balaban J connectivity index is 2.28. The second-order valence-electron chi connectivity index (χ2n) is 4.64. The molecule has 0 amide bonds. The molecule has 2 aromatic carbocycles. The number of hydrogen-bond acceptors (Lipinski definition) is 2. The lowest BCUT2D eigenvalue weighted by Gasteiger charge is -2.08. The summed E-state index contributed by atoms with van der Waals surface area (Å²) < 4.78 is 28.6. The Labute approximate surface area is 125 Å². The Morgan fingerprint density at radius 2 is 1.90 bits per heavy atom. The van der Waals surface area contributed by atoms with Crippen LogP contribution < -0.4 is 5.73 Å². The number of benzene rings is 2. The van der Waals surface area contributed by atoms with Crippen LogP contribution in [0.4, 0.5) is 8.78 Å². The van der Waals surface area contributed by atoms with Crippen LogP contribution in [0.2, 0.25) is 5.02 Å². The number of rotatable bonds is 3. The average Bonchev–Trinajstić information content (AvgIpc) is 2.78. The van der Waals surface area contributed by atoms with Crippen molar-refractivity contribution in [2.75, 3.05) is 6.54 Å². The van der Waals surface area contributed by atoms with Crippen molar-refractivity contribution in [3.63, 3.8) is 0 Å². The third-order valence-electron chi connectivity index (χ3n) is 3.23. The number of halogens is 3. The minimum Gasteiger partial charge on any atom is -0.329 e. The van der Waals surface area contributed by atoms with E-state index in [1.165, 1.54) is 0 Å². The molecule has 3 rings (SSSR count). The van der Waals surface area contributed by atoms with Crippen molar-refractivity contribution in [2.45, 2.75) is 6.54 Å². The minimum atomic E-state index is -0.919.